The van der Waals surface area contributed by atoms with Crippen LogP contribution in [0, 0.1) is 5.82 Å². The number of benzene rings is 2. The van der Waals surface area contributed by atoms with Crippen molar-refractivity contribution in [1.82, 2.24) is 0 Å². The Hall–Kier alpha value is -1.96. The molecule has 0 radical (unpaired) electrons. The molecular formula is C22H27FO. The minimum atomic E-state index is -0.301. The Labute approximate surface area is 144 Å². The molecule has 0 aliphatic rings. The molecule has 0 spiro atoms. The van der Waals surface area contributed by atoms with Gasteiger partial charge in [-0.15, -0.1) is 0 Å². The van der Waals surface area contributed by atoms with Gasteiger partial charge >= 0.3 is 0 Å². The van der Waals surface area contributed by atoms with Gasteiger partial charge < -0.3 is 0 Å². The smallest absolute Gasteiger partial charge is 0.162 e. The molecule has 24 heavy (non-hydrogen) atoms. The van der Waals surface area contributed by atoms with E-state index in [-0.39, 0.29) is 11.6 Å². The molecule has 0 aromatic heterocycles. The molecule has 0 bridgehead atoms. The third-order valence-corrected chi connectivity index (χ3v) is 4.59. The largest absolute Gasteiger partial charge is 0.294 e. The number of carbonyl (C=O) groups is 1. The first kappa shape index (κ1) is 18.4. The highest BCUT2D eigenvalue weighted by Gasteiger charge is 2.13. The Morgan fingerprint density at radius 2 is 1.79 bits per heavy atom. The Morgan fingerprint density at radius 1 is 1.04 bits per heavy atom. The molecule has 2 aromatic rings. The van der Waals surface area contributed by atoms with Gasteiger partial charge in [0, 0.05) is 12.0 Å². The fourth-order valence-corrected chi connectivity index (χ4v) is 3.18. The fourth-order valence-electron chi connectivity index (χ4n) is 3.18. The zero-order valence-corrected chi connectivity index (χ0v) is 14.7. The number of rotatable bonds is 9. The van der Waals surface area contributed by atoms with Crippen LogP contribution in [0.1, 0.15) is 73.4 Å². The molecule has 2 heteroatoms. The van der Waals surface area contributed by atoms with Crippen LogP contribution in [-0.4, -0.2) is 5.78 Å². The van der Waals surface area contributed by atoms with Crippen LogP contribution in [0.5, 0.6) is 0 Å². The van der Waals surface area contributed by atoms with E-state index in [1.165, 1.54) is 23.3 Å². The van der Waals surface area contributed by atoms with Crippen molar-refractivity contribution in [3.05, 3.63) is 71.0 Å². The van der Waals surface area contributed by atoms with Crippen LogP contribution in [0.2, 0.25) is 0 Å². The molecule has 0 saturated heterocycles. The first-order chi connectivity index (χ1) is 11.6. The zero-order valence-electron chi connectivity index (χ0n) is 14.7. The molecule has 0 heterocycles. The van der Waals surface area contributed by atoms with Gasteiger partial charge in [-0.3, -0.25) is 4.79 Å². The van der Waals surface area contributed by atoms with E-state index in [2.05, 4.69) is 38.1 Å². The van der Waals surface area contributed by atoms with E-state index < -0.39 is 0 Å². The summed E-state index contributed by atoms with van der Waals surface area (Å²) < 4.78 is 12.9. The lowest BCUT2D eigenvalue weighted by atomic mass is 9.88. The first-order valence-electron chi connectivity index (χ1n) is 9.01. The van der Waals surface area contributed by atoms with Crippen LogP contribution in [0.15, 0.2) is 48.5 Å². The number of hydrogen-bond acceptors (Lipinski definition) is 1. The number of ketones is 1. The number of Topliss-reactive ketones (excluding diaryl/α,β-unsaturated/α-hetero) is 1. The Balaban J connectivity index is 1.93. The average Bonchev–Trinajstić information content (AvgIpc) is 2.61. The van der Waals surface area contributed by atoms with Crippen LogP contribution in [0.3, 0.4) is 0 Å². The van der Waals surface area contributed by atoms with Crippen molar-refractivity contribution in [2.75, 3.05) is 0 Å². The SMILES string of the molecule is CCCC(CCCC(=O)c1ccc(F)cc1)c1cccc(CC)c1. The summed E-state index contributed by atoms with van der Waals surface area (Å²) >= 11 is 0. The van der Waals surface area contributed by atoms with E-state index in [9.17, 15) is 9.18 Å². The normalized spacial score (nSPS) is 12.1. The maximum atomic E-state index is 12.9. The van der Waals surface area contributed by atoms with E-state index in [0.717, 1.165) is 32.1 Å². The summed E-state index contributed by atoms with van der Waals surface area (Å²) in [6, 6.07) is 14.7. The van der Waals surface area contributed by atoms with Crippen molar-refractivity contribution in [3.8, 4) is 0 Å². The lowest BCUT2D eigenvalue weighted by molar-refractivity contribution is 0.0978. The second-order valence-electron chi connectivity index (χ2n) is 6.41. The summed E-state index contributed by atoms with van der Waals surface area (Å²) in [5.74, 6) is 0.320. The molecule has 0 fully saturated rings. The minimum Gasteiger partial charge on any atom is -0.294 e. The van der Waals surface area contributed by atoms with Crippen molar-refractivity contribution in [2.24, 2.45) is 0 Å². The summed E-state index contributed by atoms with van der Waals surface area (Å²) in [5.41, 5.74) is 3.37. The van der Waals surface area contributed by atoms with Gasteiger partial charge in [0.1, 0.15) is 5.82 Å². The molecule has 128 valence electrons. The van der Waals surface area contributed by atoms with Crippen molar-refractivity contribution >= 4 is 5.78 Å². The highest BCUT2D eigenvalue weighted by atomic mass is 19.1. The predicted molar refractivity (Wildman–Crippen MR) is 98.1 cm³/mol. The second kappa shape index (κ2) is 9.36. The zero-order chi connectivity index (χ0) is 17.4. The average molecular weight is 326 g/mol. The topological polar surface area (TPSA) is 17.1 Å². The van der Waals surface area contributed by atoms with Gasteiger partial charge in [0.25, 0.3) is 0 Å². The highest BCUT2D eigenvalue weighted by Crippen LogP contribution is 2.28. The monoisotopic (exact) mass is 326 g/mol. The third-order valence-electron chi connectivity index (χ3n) is 4.59. The van der Waals surface area contributed by atoms with Gasteiger partial charge in [-0.25, -0.2) is 4.39 Å². The van der Waals surface area contributed by atoms with Gasteiger partial charge in [-0.05, 0) is 67.0 Å². The van der Waals surface area contributed by atoms with Crippen LogP contribution < -0.4 is 0 Å². The van der Waals surface area contributed by atoms with Gasteiger partial charge in [0.2, 0.25) is 0 Å². The van der Waals surface area contributed by atoms with Crippen LogP contribution in [0.25, 0.3) is 0 Å². The van der Waals surface area contributed by atoms with E-state index in [1.54, 1.807) is 12.1 Å². The molecule has 2 aromatic carbocycles. The van der Waals surface area contributed by atoms with Gasteiger partial charge in [0.05, 0.1) is 0 Å². The van der Waals surface area contributed by atoms with Crippen molar-refractivity contribution < 1.29 is 9.18 Å². The fraction of sp³-hybridized carbons (Fsp3) is 0.409. The Bertz CT molecular complexity index is 645. The van der Waals surface area contributed by atoms with Gasteiger partial charge in [0.15, 0.2) is 5.78 Å². The molecule has 1 atom stereocenters. The lowest BCUT2D eigenvalue weighted by Gasteiger charge is -2.17. The standard InChI is InChI=1S/C22H27FO/c1-3-7-18(20-10-5-8-17(4-2)16-20)9-6-11-22(24)19-12-14-21(23)15-13-19/h5,8,10,12-16,18H,3-4,6-7,9,11H2,1-2H3. The first-order valence-corrected chi connectivity index (χ1v) is 9.01. The summed E-state index contributed by atoms with van der Waals surface area (Å²) in [7, 11) is 0. The predicted octanol–water partition coefficient (Wildman–Crippen LogP) is 6.33. The van der Waals surface area contributed by atoms with Crippen molar-refractivity contribution in [1.29, 1.82) is 0 Å². The molecule has 2 rings (SSSR count). The molecular weight excluding hydrogens is 299 g/mol. The molecule has 0 aliphatic heterocycles. The lowest BCUT2D eigenvalue weighted by Crippen LogP contribution is -2.03. The molecule has 1 nitrogen and oxygen atoms in total. The number of hydrogen-bond donors (Lipinski definition) is 0. The maximum absolute atomic E-state index is 12.9. The molecule has 0 saturated carbocycles. The van der Waals surface area contributed by atoms with E-state index in [4.69, 9.17) is 0 Å². The molecule has 0 N–H and O–H groups in total. The quantitative estimate of drug-likeness (QED) is 0.492. The summed E-state index contributed by atoms with van der Waals surface area (Å²) in [4.78, 5) is 12.2. The van der Waals surface area contributed by atoms with E-state index in [1.807, 2.05) is 0 Å². The number of carbonyl (C=O) groups excluding carboxylic acids is 1. The summed E-state index contributed by atoms with van der Waals surface area (Å²) in [6.45, 7) is 4.38. The van der Waals surface area contributed by atoms with Crippen molar-refractivity contribution in [3.63, 3.8) is 0 Å². The second-order valence-corrected chi connectivity index (χ2v) is 6.41. The van der Waals surface area contributed by atoms with Crippen LogP contribution in [-0.2, 0) is 6.42 Å². The number of halogens is 1. The summed E-state index contributed by atoms with van der Waals surface area (Å²) in [5, 5.41) is 0. The minimum absolute atomic E-state index is 0.104. The van der Waals surface area contributed by atoms with Gasteiger partial charge in [-0.1, -0.05) is 44.5 Å². The van der Waals surface area contributed by atoms with E-state index in [0.29, 0.717) is 17.9 Å². The summed E-state index contributed by atoms with van der Waals surface area (Å²) in [6.07, 6.45) is 5.77. The van der Waals surface area contributed by atoms with Gasteiger partial charge in [-0.2, -0.15) is 0 Å². The maximum Gasteiger partial charge on any atom is 0.162 e. The van der Waals surface area contributed by atoms with Crippen molar-refractivity contribution in [2.45, 2.75) is 58.3 Å². The Morgan fingerprint density at radius 3 is 2.46 bits per heavy atom. The van der Waals surface area contributed by atoms with Crippen LogP contribution >= 0.6 is 0 Å². The number of aryl methyl sites for hydroxylation is 1. The Kier molecular flexibility index (Phi) is 7.17. The molecule has 0 aliphatic carbocycles. The highest BCUT2D eigenvalue weighted by molar-refractivity contribution is 5.95. The van der Waals surface area contributed by atoms with E-state index >= 15 is 0 Å². The third kappa shape index (κ3) is 5.30. The van der Waals surface area contributed by atoms with Crippen LogP contribution in [0.4, 0.5) is 4.39 Å². The molecule has 0 amide bonds. The molecule has 1 unspecified atom stereocenters.